The number of carbonyl (C=O) groups is 2. The largest absolute Gasteiger partial charge is 0.398 e. The van der Waals surface area contributed by atoms with E-state index in [9.17, 15) is 14.4 Å². The highest BCUT2D eigenvalue weighted by atomic mass is 16.2. The first-order valence-electron chi connectivity index (χ1n) is 7.78. The van der Waals surface area contributed by atoms with Crippen LogP contribution in [0.2, 0.25) is 0 Å². The van der Waals surface area contributed by atoms with Crippen LogP contribution in [-0.2, 0) is 16.0 Å². The van der Waals surface area contributed by atoms with Crippen molar-refractivity contribution in [1.29, 1.82) is 0 Å². The van der Waals surface area contributed by atoms with Crippen LogP contribution in [0.1, 0.15) is 43.6 Å². The molecule has 0 amide bonds. The van der Waals surface area contributed by atoms with Crippen LogP contribution < -0.4 is 11.3 Å². The summed E-state index contributed by atoms with van der Waals surface area (Å²) in [6, 6.07) is 3.01. The molecule has 0 radical (unpaired) electrons. The number of aromatic nitrogens is 2. The van der Waals surface area contributed by atoms with E-state index in [4.69, 9.17) is 5.73 Å². The number of Topliss-reactive ketones (excluding diaryl/α,β-unsaturated/α-hetero) is 2. The van der Waals surface area contributed by atoms with Crippen LogP contribution in [0.4, 0.5) is 5.69 Å². The zero-order chi connectivity index (χ0) is 16.7. The van der Waals surface area contributed by atoms with E-state index < -0.39 is 6.04 Å². The lowest BCUT2D eigenvalue weighted by molar-refractivity contribution is -0.132. The Kier molecular flexibility index (Phi) is 3.75. The normalized spacial score (nSPS) is 18.6. The molecular weight excluding hydrogens is 294 g/mol. The van der Waals surface area contributed by atoms with E-state index in [0.29, 0.717) is 35.3 Å². The Morgan fingerprint density at radius 3 is 2.70 bits per heavy atom. The molecule has 3 rings (SSSR count). The minimum Gasteiger partial charge on any atom is -0.398 e. The Hall–Kier alpha value is -2.50. The standard InChI is InChI=1S/C17H19N3O3/c1-3-10-6-12(18)16-13(7-10)19-9(2)20(17(16)23)14-5-4-11(21)8-15(14)22/h6-7,14H,3-5,8,18H2,1-2H3. The number of nitrogen functional groups attached to an aromatic ring is 1. The first-order chi connectivity index (χ1) is 10.9. The van der Waals surface area contributed by atoms with Crippen molar-refractivity contribution in [2.24, 2.45) is 0 Å². The molecular formula is C17H19N3O3. The van der Waals surface area contributed by atoms with Crippen molar-refractivity contribution in [2.75, 3.05) is 5.73 Å². The van der Waals surface area contributed by atoms with E-state index in [1.807, 2.05) is 13.0 Å². The highest BCUT2D eigenvalue weighted by molar-refractivity contribution is 6.03. The lowest BCUT2D eigenvalue weighted by Crippen LogP contribution is -2.36. The van der Waals surface area contributed by atoms with E-state index in [2.05, 4.69) is 4.98 Å². The van der Waals surface area contributed by atoms with Gasteiger partial charge in [0.05, 0.1) is 23.4 Å². The van der Waals surface area contributed by atoms with Gasteiger partial charge in [-0.25, -0.2) is 4.98 Å². The topological polar surface area (TPSA) is 95.0 Å². The van der Waals surface area contributed by atoms with Gasteiger partial charge in [0.1, 0.15) is 11.6 Å². The maximum atomic E-state index is 12.9. The number of ketones is 2. The number of rotatable bonds is 2. The third-order valence-corrected chi connectivity index (χ3v) is 4.43. The van der Waals surface area contributed by atoms with Crippen LogP contribution in [0, 0.1) is 6.92 Å². The van der Waals surface area contributed by atoms with E-state index in [-0.39, 0.29) is 23.5 Å². The molecule has 1 saturated carbocycles. The second-order valence-corrected chi connectivity index (χ2v) is 6.00. The number of nitrogens with zero attached hydrogens (tertiary/aromatic N) is 2. The molecule has 0 aliphatic heterocycles. The summed E-state index contributed by atoms with van der Waals surface area (Å²) in [4.78, 5) is 41.0. The number of benzene rings is 1. The fourth-order valence-corrected chi connectivity index (χ4v) is 3.23. The number of hydrogen-bond donors (Lipinski definition) is 1. The third-order valence-electron chi connectivity index (χ3n) is 4.43. The van der Waals surface area contributed by atoms with Gasteiger partial charge in [0.15, 0.2) is 5.78 Å². The van der Waals surface area contributed by atoms with Gasteiger partial charge in [-0.05, 0) is 37.5 Å². The first-order valence-corrected chi connectivity index (χ1v) is 7.78. The Balaban J connectivity index is 2.23. The zero-order valence-corrected chi connectivity index (χ0v) is 13.3. The number of carbonyl (C=O) groups excluding carboxylic acids is 2. The fourth-order valence-electron chi connectivity index (χ4n) is 3.23. The quantitative estimate of drug-likeness (QED) is 0.672. The van der Waals surface area contributed by atoms with Gasteiger partial charge in [0, 0.05) is 12.1 Å². The summed E-state index contributed by atoms with van der Waals surface area (Å²) in [5.41, 5.74) is 7.69. The number of hydrogen-bond acceptors (Lipinski definition) is 5. The van der Waals surface area contributed by atoms with Gasteiger partial charge in [-0.15, -0.1) is 0 Å². The van der Waals surface area contributed by atoms with Gasteiger partial charge >= 0.3 is 0 Å². The Bertz CT molecular complexity index is 883. The monoisotopic (exact) mass is 313 g/mol. The molecule has 6 heteroatoms. The minimum atomic E-state index is -0.623. The van der Waals surface area contributed by atoms with Crippen LogP contribution in [0.25, 0.3) is 10.9 Å². The Morgan fingerprint density at radius 1 is 1.30 bits per heavy atom. The van der Waals surface area contributed by atoms with Gasteiger partial charge in [0.25, 0.3) is 5.56 Å². The molecule has 1 unspecified atom stereocenters. The Morgan fingerprint density at radius 2 is 2.04 bits per heavy atom. The van der Waals surface area contributed by atoms with E-state index in [1.54, 1.807) is 13.0 Å². The van der Waals surface area contributed by atoms with Gasteiger partial charge in [0.2, 0.25) is 0 Å². The molecule has 1 aromatic carbocycles. The van der Waals surface area contributed by atoms with Gasteiger partial charge in [-0.2, -0.15) is 0 Å². The van der Waals surface area contributed by atoms with Crippen LogP contribution in [-0.4, -0.2) is 21.1 Å². The number of fused-ring (bicyclic) bond motifs is 1. The zero-order valence-electron chi connectivity index (χ0n) is 13.3. The highest BCUT2D eigenvalue weighted by Gasteiger charge is 2.30. The van der Waals surface area contributed by atoms with Crippen LogP contribution in [0.15, 0.2) is 16.9 Å². The van der Waals surface area contributed by atoms with Crippen molar-refractivity contribution in [3.05, 3.63) is 33.9 Å². The first kappa shape index (κ1) is 15.4. The molecule has 1 atom stereocenters. The molecule has 1 aliphatic rings. The van der Waals surface area contributed by atoms with E-state index >= 15 is 0 Å². The molecule has 2 N–H and O–H groups in total. The average Bonchev–Trinajstić information content (AvgIpc) is 2.48. The van der Waals surface area contributed by atoms with Crippen LogP contribution in [0.3, 0.4) is 0 Å². The van der Waals surface area contributed by atoms with Crippen molar-refractivity contribution in [3.63, 3.8) is 0 Å². The summed E-state index contributed by atoms with van der Waals surface area (Å²) < 4.78 is 1.40. The molecule has 2 aromatic rings. The molecule has 0 saturated heterocycles. The van der Waals surface area contributed by atoms with Crippen molar-refractivity contribution in [2.45, 2.75) is 45.6 Å². The smallest absolute Gasteiger partial charge is 0.264 e. The minimum absolute atomic E-state index is 0.0715. The summed E-state index contributed by atoms with van der Waals surface area (Å²) in [6.45, 7) is 3.71. The van der Waals surface area contributed by atoms with Crippen molar-refractivity contribution < 1.29 is 9.59 Å². The summed E-state index contributed by atoms with van der Waals surface area (Å²) in [7, 11) is 0. The summed E-state index contributed by atoms with van der Waals surface area (Å²) in [5, 5.41) is 0.345. The molecule has 6 nitrogen and oxygen atoms in total. The number of aryl methyl sites for hydroxylation is 2. The van der Waals surface area contributed by atoms with Gasteiger partial charge < -0.3 is 5.73 Å². The molecule has 1 aromatic heterocycles. The molecule has 23 heavy (non-hydrogen) atoms. The molecule has 1 heterocycles. The maximum absolute atomic E-state index is 12.9. The predicted molar refractivity (Wildman–Crippen MR) is 87.4 cm³/mol. The second kappa shape index (κ2) is 5.61. The van der Waals surface area contributed by atoms with Crippen molar-refractivity contribution in [3.8, 4) is 0 Å². The van der Waals surface area contributed by atoms with Crippen molar-refractivity contribution in [1.82, 2.24) is 9.55 Å². The molecule has 0 bridgehead atoms. The highest BCUT2D eigenvalue weighted by Crippen LogP contribution is 2.25. The lowest BCUT2D eigenvalue weighted by atomic mass is 9.92. The molecule has 1 aliphatic carbocycles. The predicted octanol–water partition coefficient (Wildman–Crippen LogP) is 1.71. The van der Waals surface area contributed by atoms with Crippen LogP contribution >= 0.6 is 0 Å². The third kappa shape index (κ3) is 2.54. The summed E-state index contributed by atoms with van der Waals surface area (Å²) in [6.07, 6.45) is 1.34. The summed E-state index contributed by atoms with van der Waals surface area (Å²) in [5.74, 6) is 0.178. The number of anilines is 1. The molecule has 120 valence electrons. The van der Waals surface area contributed by atoms with E-state index in [1.165, 1.54) is 4.57 Å². The summed E-state index contributed by atoms with van der Waals surface area (Å²) >= 11 is 0. The van der Waals surface area contributed by atoms with Gasteiger partial charge in [-0.1, -0.05) is 6.92 Å². The van der Waals surface area contributed by atoms with E-state index in [0.717, 1.165) is 12.0 Å². The lowest BCUT2D eigenvalue weighted by Gasteiger charge is -2.24. The molecule has 1 fully saturated rings. The fraction of sp³-hybridized carbons (Fsp3) is 0.412. The second-order valence-electron chi connectivity index (χ2n) is 6.00. The van der Waals surface area contributed by atoms with Crippen molar-refractivity contribution >= 4 is 28.2 Å². The average molecular weight is 313 g/mol. The number of nitrogens with two attached hydrogens (primary N) is 1. The Labute approximate surface area is 133 Å². The SMILES string of the molecule is CCc1cc(N)c2c(=O)n(C3CCC(=O)CC3=O)c(C)nc2c1. The van der Waals surface area contributed by atoms with Crippen LogP contribution in [0.5, 0.6) is 0 Å². The molecule has 0 spiro atoms. The maximum Gasteiger partial charge on any atom is 0.264 e. The van der Waals surface area contributed by atoms with Gasteiger partial charge in [-0.3, -0.25) is 19.0 Å².